The minimum absolute atomic E-state index is 0.0158. The summed E-state index contributed by atoms with van der Waals surface area (Å²) < 4.78 is 11.1. The molecule has 2 aromatic carbocycles. The van der Waals surface area contributed by atoms with Gasteiger partial charge in [-0.1, -0.05) is 47.8 Å². The van der Waals surface area contributed by atoms with Gasteiger partial charge < -0.3 is 14.2 Å². The predicted octanol–water partition coefficient (Wildman–Crippen LogP) is 4.61. The Labute approximate surface area is 191 Å². The van der Waals surface area contributed by atoms with Gasteiger partial charge in [0, 0.05) is 23.2 Å². The Bertz CT molecular complexity index is 1140. The molecular formula is C24H26N4O5. The van der Waals surface area contributed by atoms with Gasteiger partial charge in [0.25, 0.3) is 11.6 Å². The average molecular weight is 450 g/mol. The molecule has 33 heavy (non-hydrogen) atoms. The van der Waals surface area contributed by atoms with Crippen molar-refractivity contribution in [3.63, 3.8) is 0 Å². The van der Waals surface area contributed by atoms with E-state index in [0.717, 1.165) is 36.8 Å². The lowest BCUT2D eigenvalue weighted by Gasteiger charge is -2.27. The molecule has 9 nitrogen and oxygen atoms in total. The number of nitrogens with zero attached hydrogens (tertiary/aromatic N) is 4. The summed E-state index contributed by atoms with van der Waals surface area (Å²) in [4.78, 5) is 29.9. The number of carbonyl (C=O) groups excluding carboxylic acids is 1. The van der Waals surface area contributed by atoms with Crippen LogP contribution in [0.3, 0.4) is 0 Å². The lowest BCUT2D eigenvalue weighted by molar-refractivity contribution is -0.385. The topological polar surface area (TPSA) is 112 Å². The molecule has 0 atom stereocenters. The lowest BCUT2D eigenvalue weighted by Crippen LogP contribution is -2.41. The van der Waals surface area contributed by atoms with Crippen molar-refractivity contribution in [3.8, 4) is 17.1 Å². The van der Waals surface area contributed by atoms with E-state index in [1.54, 1.807) is 17.9 Å². The minimum atomic E-state index is -0.443. The lowest BCUT2D eigenvalue weighted by atomic mass is 10.1. The van der Waals surface area contributed by atoms with Crippen molar-refractivity contribution in [2.75, 3.05) is 6.61 Å². The molecule has 3 aromatic rings. The summed E-state index contributed by atoms with van der Waals surface area (Å²) in [5, 5.41) is 15.1. The zero-order chi connectivity index (χ0) is 23.4. The summed E-state index contributed by atoms with van der Waals surface area (Å²) in [5.74, 6) is 1.09. The smallest absolute Gasteiger partial charge is 0.272 e. The van der Waals surface area contributed by atoms with Crippen LogP contribution in [0.4, 0.5) is 5.69 Å². The van der Waals surface area contributed by atoms with E-state index in [0.29, 0.717) is 23.0 Å². The molecule has 1 aromatic heterocycles. The fourth-order valence-electron chi connectivity index (χ4n) is 4.07. The molecule has 172 valence electrons. The maximum atomic E-state index is 13.1. The van der Waals surface area contributed by atoms with Crippen LogP contribution in [0.25, 0.3) is 11.4 Å². The first kappa shape index (κ1) is 22.4. The summed E-state index contributed by atoms with van der Waals surface area (Å²) in [6, 6.07) is 12.4. The second-order valence-electron chi connectivity index (χ2n) is 8.33. The van der Waals surface area contributed by atoms with Crippen LogP contribution in [0, 0.1) is 24.0 Å². The highest BCUT2D eigenvalue weighted by atomic mass is 16.6. The molecule has 0 spiro atoms. The van der Waals surface area contributed by atoms with Crippen LogP contribution >= 0.6 is 0 Å². The van der Waals surface area contributed by atoms with Gasteiger partial charge in [0.15, 0.2) is 6.61 Å². The van der Waals surface area contributed by atoms with E-state index in [1.165, 1.54) is 12.1 Å². The average Bonchev–Trinajstić information content (AvgIpc) is 3.48. The van der Waals surface area contributed by atoms with Crippen LogP contribution in [-0.4, -0.2) is 38.5 Å². The third kappa shape index (κ3) is 5.36. The number of nitro groups is 1. The SMILES string of the molecule is Cc1ccc(-c2noc(CN(C(=O)COc3ccc([N+](=O)[O-])c(C)c3)C3CCCC3)n2)cc1. The van der Waals surface area contributed by atoms with Gasteiger partial charge in [-0.05, 0) is 38.8 Å². The highest BCUT2D eigenvalue weighted by Gasteiger charge is 2.29. The van der Waals surface area contributed by atoms with Gasteiger partial charge in [0.2, 0.25) is 11.7 Å². The van der Waals surface area contributed by atoms with Gasteiger partial charge in [-0.15, -0.1) is 0 Å². The number of benzene rings is 2. The monoisotopic (exact) mass is 450 g/mol. The largest absolute Gasteiger partial charge is 0.484 e. The molecule has 0 radical (unpaired) electrons. The Morgan fingerprint density at radius 3 is 2.58 bits per heavy atom. The van der Waals surface area contributed by atoms with E-state index >= 15 is 0 Å². The van der Waals surface area contributed by atoms with Crippen molar-refractivity contribution in [2.24, 2.45) is 0 Å². The number of hydrogen-bond acceptors (Lipinski definition) is 7. The molecule has 9 heteroatoms. The van der Waals surface area contributed by atoms with Crippen LogP contribution in [-0.2, 0) is 11.3 Å². The fourth-order valence-corrected chi connectivity index (χ4v) is 4.07. The molecule has 0 N–H and O–H groups in total. The number of hydrogen-bond donors (Lipinski definition) is 0. The van der Waals surface area contributed by atoms with E-state index < -0.39 is 4.92 Å². The molecular weight excluding hydrogens is 424 g/mol. The summed E-state index contributed by atoms with van der Waals surface area (Å²) >= 11 is 0. The van der Waals surface area contributed by atoms with Gasteiger partial charge in [0.05, 0.1) is 4.92 Å². The zero-order valence-corrected chi connectivity index (χ0v) is 18.7. The first-order valence-electron chi connectivity index (χ1n) is 11.0. The third-order valence-corrected chi connectivity index (χ3v) is 5.90. The maximum absolute atomic E-state index is 13.1. The third-order valence-electron chi connectivity index (χ3n) is 5.90. The molecule has 1 amide bonds. The Hall–Kier alpha value is -3.75. The molecule has 0 saturated heterocycles. The summed E-state index contributed by atoms with van der Waals surface area (Å²) in [7, 11) is 0. The number of rotatable bonds is 8. The van der Waals surface area contributed by atoms with Crippen molar-refractivity contribution < 1.29 is 19.0 Å². The molecule has 1 fully saturated rings. The molecule has 0 bridgehead atoms. The normalized spacial score (nSPS) is 13.8. The standard InChI is InChI=1S/C24H26N4O5/c1-16-7-9-18(10-8-16)24-25-22(33-26-24)14-27(19-5-3-4-6-19)23(29)15-32-20-11-12-21(28(30)31)17(2)13-20/h7-13,19H,3-6,14-15H2,1-2H3. The first-order valence-corrected chi connectivity index (χ1v) is 11.0. The van der Waals surface area contributed by atoms with Crippen molar-refractivity contribution in [1.29, 1.82) is 0 Å². The number of ether oxygens (including phenoxy) is 1. The highest BCUT2D eigenvalue weighted by Crippen LogP contribution is 2.27. The van der Waals surface area contributed by atoms with Gasteiger partial charge >= 0.3 is 0 Å². The maximum Gasteiger partial charge on any atom is 0.272 e. The van der Waals surface area contributed by atoms with E-state index in [2.05, 4.69) is 10.1 Å². The van der Waals surface area contributed by atoms with Crippen LogP contribution in [0.15, 0.2) is 47.0 Å². The number of carbonyl (C=O) groups is 1. The van der Waals surface area contributed by atoms with Crippen molar-refractivity contribution >= 4 is 11.6 Å². The van der Waals surface area contributed by atoms with Crippen molar-refractivity contribution in [1.82, 2.24) is 15.0 Å². The highest BCUT2D eigenvalue weighted by molar-refractivity contribution is 5.78. The molecule has 0 aliphatic heterocycles. The second kappa shape index (κ2) is 9.81. The molecule has 1 aliphatic carbocycles. The quantitative estimate of drug-likeness (QED) is 0.364. The number of aromatic nitrogens is 2. The van der Waals surface area contributed by atoms with Crippen LogP contribution < -0.4 is 4.74 Å². The summed E-state index contributed by atoms with van der Waals surface area (Å²) in [6.45, 7) is 3.69. The fraction of sp³-hybridized carbons (Fsp3) is 0.375. The predicted molar refractivity (Wildman–Crippen MR) is 121 cm³/mol. The van der Waals surface area contributed by atoms with Crippen molar-refractivity contribution in [2.45, 2.75) is 52.1 Å². The Balaban J connectivity index is 1.45. The Morgan fingerprint density at radius 1 is 1.18 bits per heavy atom. The van der Waals surface area contributed by atoms with E-state index in [9.17, 15) is 14.9 Å². The van der Waals surface area contributed by atoms with Gasteiger partial charge in [0.1, 0.15) is 12.3 Å². The van der Waals surface area contributed by atoms with Crippen LogP contribution in [0.1, 0.15) is 42.7 Å². The molecule has 0 unspecified atom stereocenters. The molecule has 1 aliphatic rings. The van der Waals surface area contributed by atoms with Crippen molar-refractivity contribution in [3.05, 3.63) is 69.6 Å². The Kier molecular flexibility index (Phi) is 6.67. The summed E-state index contributed by atoms with van der Waals surface area (Å²) in [6.07, 6.45) is 3.97. The molecule has 1 saturated carbocycles. The number of aryl methyl sites for hydroxylation is 2. The number of nitro benzene ring substituents is 1. The van der Waals surface area contributed by atoms with Gasteiger partial charge in [-0.2, -0.15) is 4.98 Å². The molecule has 1 heterocycles. The number of amides is 1. The second-order valence-corrected chi connectivity index (χ2v) is 8.33. The Morgan fingerprint density at radius 2 is 1.91 bits per heavy atom. The molecule has 4 rings (SSSR count). The van der Waals surface area contributed by atoms with Crippen LogP contribution in [0.2, 0.25) is 0 Å². The summed E-state index contributed by atoms with van der Waals surface area (Å²) in [5.41, 5.74) is 2.49. The van der Waals surface area contributed by atoms with Crippen LogP contribution in [0.5, 0.6) is 5.75 Å². The zero-order valence-electron chi connectivity index (χ0n) is 18.7. The minimum Gasteiger partial charge on any atom is -0.484 e. The van der Waals surface area contributed by atoms with E-state index in [-0.39, 0.29) is 30.8 Å². The van der Waals surface area contributed by atoms with E-state index in [4.69, 9.17) is 9.26 Å². The van der Waals surface area contributed by atoms with Gasteiger partial charge in [-0.3, -0.25) is 14.9 Å². The van der Waals surface area contributed by atoms with Gasteiger partial charge in [-0.25, -0.2) is 0 Å². The first-order chi connectivity index (χ1) is 15.9. The van der Waals surface area contributed by atoms with E-state index in [1.807, 2.05) is 31.2 Å².